The van der Waals surface area contributed by atoms with Gasteiger partial charge in [0.25, 0.3) is 11.8 Å². The molecule has 2 aromatic rings. The van der Waals surface area contributed by atoms with Crippen LogP contribution in [0.1, 0.15) is 11.7 Å². The van der Waals surface area contributed by atoms with Crippen LogP contribution in [0.25, 0.3) is 0 Å². The second-order valence-corrected chi connectivity index (χ2v) is 8.89. The molecule has 3 atom stereocenters. The first-order valence-corrected chi connectivity index (χ1v) is 11.2. The molecule has 1 unspecified atom stereocenters. The molecule has 2 amide bonds. The van der Waals surface area contributed by atoms with Gasteiger partial charge in [-0.05, 0) is 21.6 Å². The van der Waals surface area contributed by atoms with Crippen molar-refractivity contribution in [3.8, 4) is 0 Å². The fourth-order valence-corrected chi connectivity index (χ4v) is 5.64. The van der Waals surface area contributed by atoms with Crippen molar-refractivity contribution in [2.24, 2.45) is 7.05 Å². The summed E-state index contributed by atoms with van der Waals surface area (Å²) < 4.78 is 1.48. The number of aromatic nitrogens is 4. The maximum Gasteiger partial charge on any atom is 0.352 e. The van der Waals surface area contributed by atoms with Crippen LogP contribution in [-0.4, -0.2) is 76.0 Å². The maximum atomic E-state index is 12.7. The van der Waals surface area contributed by atoms with Crippen LogP contribution in [0.3, 0.4) is 0 Å². The Bertz CT molecular complexity index is 1060. The summed E-state index contributed by atoms with van der Waals surface area (Å²) in [6.45, 7) is 0. The Balaban J connectivity index is 1.46. The molecule has 1 saturated heterocycles. The zero-order valence-corrected chi connectivity index (χ0v) is 17.8. The van der Waals surface area contributed by atoms with E-state index in [2.05, 4.69) is 20.8 Å². The molecule has 1 fully saturated rings. The highest BCUT2D eigenvalue weighted by Gasteiger charge is 2.54. The monoisotopic (exact) mass is 462 g/mol. The van der Waals surface area contributed by atoms with Crippen molar-refractivity contribution in [2.45, 2.75) is 22.7 Å². The van der Waals surface area contributed by atoms with E-state index >= 15 is 0 Å². The number of rotatable bonds is 7. The standard InChI is InChI=1S/C18H18N6O5S2/c1-23-18(20-21-22-23)31-8-10-7-30-16-11(15(27)24(16)12(10)17(28)29)19-14(26)13(25)9-5-3-2-4-6-9/h2-6,11,13,16,25H,7-8H2,1H3,(H,19,26)(H,28,29)/t11-,13?,16-/m0/s1. The number of amides is 2. The van der Waals surface area contributed by atoms with Gasteiger partial charge in [-0.15, -0.1) is 16.9 Å². The zero-order chi connectivity index (χ0) is 22.1. The summed E-state index contributed by atoms with van der Waals surface area (Å²) in [6.07, 6.45) is -1.42. The molecule has 3 heterocycles. The van der Waals surface area contributed by atoms with Crippen LogP contribution in [0.2, 0.25) is 0 Å². The number of aliphatic hydroxyl groups is 1. The zero-order valence-electron chi connectivity index (χ0n) is 16.2. The van der Waals surface area contributed by atoms with Crippen molar-refractivity contribution >= 4 is 41.3 Å². The minimum Gasteiger partial charge on any atom is -0.477 e. The first kappa shape index (κ1) is 21.3. The molecule has 0 bridgehead atoms. The highest BCUT2D eigenvalue weighted by molar-refractivity contribution is 8.01. The van der Waals surface area contributed by atoms with Gasteiger partial charge in [0, 0.05) is 18.6 Å². The van der Waals surface area contributed by atoms with Crippen molar-refractivity contribution in [2.75, 3.05) is 11.5 Å². The quantitative estimate of drug-likeness (QED) is 0.372. The van der Waals surface area contributed by atoms with E-state index in [0.29, 0.717) is 27.8 Å². The van der Waals surface area contributed by atoms with Gasteiger partial charge in [-0.25, -0.2) is 9.48 Å². The summed E-state index contributed by atoms with van der Waals surface area (Å²) >= 11 is 2.64. The smallest absolute Gasteiger partial charge is 0.352 e. The second kappa shape index (κ2) is 8.69. The fourth-order valence-electron chi connectivity index (χ4n) is 3.31. The van der Waals surface area contributed by atoms with Gasteiger partial charge >= 0.3 is 5.97 Å². The summed E-state index contributed by atoms with van der Waals surface area (Å²) in [6, 6.07) is 7.46. The summed E-state index contributed by atoms with van der Waals surface area (Å²) in [4.78, 5) is 38.2. The molecule has 11 nitrogen and oxygen atoms in total. The maximum absolute atomic E-state index is 12.7. The largest absolute Gasteiger partial charge is 0.477 e. The van der Waals surface area contributed by atoms with Crippen LogP contribution in [0.15, 0.2) is 46.8 Å². The number of carboxylic acids is 1. The SMILES string of the molecule is Cn1nnnc1SCC1=C(C(=O)O)N2C(=O)[C@H](NC(=O)C(O)c3ccccc3)[C@@H]2SC1. The normalized spacial score (nSPS) is 21.4. The molecule has 31 heavy (non-hydrogen) atoms. The lowest BCUT2D eigenvalue weighted by Crippen LogP contribution is -2.70. The van der Waals surface area contributed by atoms with Gasteiger partial charge in [-0.1, -0.05) is 42.1 Å². The Morgan fingerprint density at radius 2 is 2.10 bits per heavy atom. The summed E-state index contributed by atoms with van der Waals surface area (Å²) in [5.74, 6) is -1.75. The van der Waals surface area contributed by atoms with E-state index in [0.717, 1.165) is 0 Å². The number of hydrogen-bond acceptors (Lipinski definition) is 9. The minimum atomic E-state index is -1.42. The number of hydrogen-bond donors (Lipinski definition) is 3. The molecule has 3 N–H and O–H groups in total. The van der Waals surface area contributed by atoms with Gasteiger partial charge in [0.05, 0.1) is 0 Å². The minimum absolute atomic E-state index is 0.0783. The fraction of sp³-hybridized carbons (Fsp3) is 0.333. The number of tetrazole rings is 1. The summed E-state index contributed by atoms with van der Waals surface area (Å²) in [5.41, 5.74) is 0.901. The number of fused-ring (bicyclic) bond motifs is 1. The third kappa shape index (κ3) is 4.03. The molecule has 1 aromatic carbocycles. The Morgan fingerprint density at radius 1 is 1.35 bits per heavy atom. The highest BCUT2D eigenvalue weighted by atomic mass is 32.2. The number of aryl methyl sites for hydroxylation is 1. The van der Waals surface area contributed by atoms with Crippen molar-refractivity contribution in [3.63, 3.8) is 0 Å². The van der Waals surface area contributed by atoms with E-state index in [1.807, 2.05) is 0 Å². The van der Waals surface area contributed by atoms with Crippen molar-refractivity contribution < 1.29 is 24.6 Å². The Kier molecular flexibility index (Phi) is 5.98. The third-order valence-electron chi connectivity index (χ3n) is 4.87. The van der Waals surface area contributed by atoms with Gasteiger partial charge in [0.1, 0.15) is 17.1 Å². The Labute approximate surface area is 184 Å². The molecule has 0 radical (unpaired) electrons. The van der Waals surface area contributed by atoms with Crippen molar-refractivity contribution in [3.05, 3.63) is 47.2 Å². The number of benzene rings is 1. The van der Waals surface area contributed by atoms with Crippen molar-refractivity contribution in [1.29, 1.82) is 0 Å². The number of carboxylic acid groups (broad SMARTS) is 1. The van der Waals surface area contributed by atoms with E-state index in [-0.39, 0.29) is 5.70 Å². The number of nitrogens with zero attached hydrogens (tertiary/aromatic N) is 5. The molecule has 162 valence electrons. The van der Waals surface area contributed by atoms with Crippen LogP contribution >= 0.6 is 23.5 Å². The summed E-state index contributed by atoms with van der Waals surface area (Å²) in [5, 5.41) is 33.6. The molecule has 0 saturated carbocycles. The van der Waals surface area contributed by atoms with E-state index in [9.17, 15) is 24.6 Å². The molecule has 13 heteroatoms. The average Bonchev–Trinajstić information content (AvgIpc) is 3.19. The van der Waals surface area contributed by atoms with Gasteiger partial charge in [0.15, 0.2) is 6.10 Å². The van der Waals surface area contributed by atoms with Crippen molar-refractivity contribution in [1.82, 2.24) is 30.4 Å². The molecular weight excluding hydrogens is 444 g/mol. The average molecular weight is 463 g/mol. The predicted molar refractivity (Wildman–Crippen MR) is 111 cm³/mol. The predicted octanol–water partition coefficient (Wildman–Crippen LogP) is -0.226. The van der Waals surface area contributed by atoms with Crippen LogP contribution in [-0.2, 0) is 21.4 Å². The van der Waals surface area contributed by atoms with E-state index in [1.165, 1.54) is 33.1 Å². The number of nitrogens with one attached hydrogen (secondary N) is 1. The molecule has 2 aliphatic heterocycles. The number of thioether (sulfide) groups is 2. The van der Waals surface area contributed by atoms with E-state index < -0.39 is 35.3 Å². The molecule has 2 aliphatic rings. The number of carbonyl (C=O) groups is 3. The lowest BCUT2D eigenvalue weighted by atomic mass is 10.0. The van der Waals surface area contributed by atoms with Crippen LogP contribution < -0.4 is 5.32 Å². The van der Waals surface area contributed by atoms with Gasteiger partial charge in [-0.3, -0.25) is 14.5 Å². The molecular formula is C18H18N6O5S2. The van der Waals surface area contributed by atoms with Crippen LogP contribution in [0.5, 0.6) is 0 Å². The lowest BCUT2D eigenvalue weighted by molar-refractivity contribution is -0.151. The van der Waals surface area contributed by atoms with E-state index in [1.54, 1.807) is 37.4 Å². The molecule has 0 spiro atoms. The van der Waals surface area contributed by atoms with E-state index in [4.69, 9.17) is 0 Å². The van der Waals surface area contributed by atoms with Crippen LogP contribution in [0, 0.1) is 0 Å². The number of β-lactam (4-membered cyclic amide) rings is 1. The number of carbonyl (C=O) groups excluding carboxylic acids is 2. The first-order chi connectivity index (χ1) is 14.9. The highest BCUT2D eigenvalue weighted by Crippen LogP contribution is 2.41. The molecule has 0 aliphatic carbocycles. The third-order valence-corrected chi connectivity index (χ3v) is 7.30. The number of aliphatic carboxylic acids is 1. The molecule has 1 aromatic heterocycles. The van der Waals surface area contributed by atoms with Crippen LogP contribution in [0.4, 0.5) is 0 Å². The van der Waals surface area contributed by atoms with Gasteiger partial charge in [0.2, 0.25) is 5.16 Å². The second-order valence-electron chi connectivity index (χ2n) is 6.84. The topological polar surface area (TPSA) is 151 Å². The Morgan fingerprint density at radius 3 is 2.74 bits per heavy atom. The lowest BCUT2D eigenvalue weighted by Gasteiger charge is -2.49. The van der Waals surface area contributed by atoms with Gasteiger partial charge < -0.3 is 15.5 Å². The first-order valence-electron chi connectivity index (χ1n) is 9.17. The molecule has 4 rings (SSSR count). The summed E-state index contributed by atoms with van der Waals surface area (Å²) in [7, 11) is 1.68. The number of aliphatic hydroxyl groups excluding tert-OH is 1. The Hall–Kier alpha value is -2.90. The van der Waals surface area contributed by atoms with Gasteiger partial charge in [-0.2, -0.15) is 0 Å².